The molecule has 0 aliphatic carbocycles. The number of carbonyl (C=O) groups excluding carboxylic acids is 1. The number of nitrogens with zero attached hydrogens (tertiary/aromatic N) is 1. The second kappa shape index (κ2) is 7.62. The number of nitrogens with two attached hydrogens (primary N) is 1. The summed E-state index contributed by atoms with van der Waals surface area (Å²) in [6.07, 6.45) is 2.13. The number of urea groups is 1. The van der Waals surface area contributed by atoms with Crippen LogP contribution in [0.2, 0.25) is 0 Å². The fourth-order valence-corrected chi connectivity index (χ4v) is 1.16. The predicted octanol–water partition coefficient (Wildman–Crippen LogP) is 1.17. The average molecular weight is 201 g/mol. The number of unbranched alkanes of at least 4 members (excludes halogenated alkanes) is 1. The highest BCUT2D eigenvalue weighted by Crippen LogP contribution is 1.96. The molecule has 0 unspecified atom stereocenters. The Bertz CT molecular complexity index is 159. The fourth-order valence-electron chi connectivity index (χ4n) is 1.16. The molecule has 4 heteroatoms. The zero-order chi connectivity index (χ0) is 11.0. The van der Waals surface area contributed by atoms with Gasteiger partial charge in [-0.25, -0.2) is 4.79 Å². The van der Waals surface area contributed by atoms with Crippen LogP contribution in [0.1, 0.15) is 33.6 Å². The molecule has 0 rings (SSSR count). The fraction of sp³-hybridized carbons (Fsp3) is 0.900. The summed E-state index contributed by atoms with van der Waals surface area (Å²) < 4.78 is 0. The lowest BCUT2D eigenvalue weighted by Crippen LogP contribution is -2.45. The lowest BCUT2D eigenvalue weighted by Gasteiger charge is -2.23. The molecule has 4 nitrogen and oxygen atoms in total. The van der Waals surface area contributed by atoms with Crippen LogP contribution < -0.4 is 11.1 Å². The summed E-state index contributed by atoms with van der Waals surface area (Å²) in [5.41, 5.74) is 5.45. The van der Waals surface area contributed by atoms with Crippen LogP contribution in [0.15, 0.2) is 0 Å². The summed E-state index contributed by atoms with van der Waals surface area (Å²) >= 11 is 0. The average Bonchev–Trinajstić information content (AvgIpc) is 2.10. The van der Waals surface area contributed by atoms with Crippen molar-refractivity contribution in [3.05, 3.63) is 0 Å². The van der Waals surface area contributed by atoms with E-state index in [-0.39, 0.29) is 12.1 Å². The highest BCUT2D eigenvalue weighted by Gasteiger charge is 2.11. The van der Waals surface area contributed by atoms with Crippen molar-refractivity contribution >= 4 is 6.03 Å². The Kier molecular flexibility index (Phi) is 7.20. The normalized spacial score (nSPS) is 10.4. The molecule has 0 bridgehead atoms. The second-order valence-electron chi connectivity index (χ2n) is 3.73. The number of hydrogen-bond acceptors (Lipinski definition) is 2. The number of nitrogens with one attached hydrogen (secondary N) is 1. The molecule has 3 N–H and O–H groups in total. The van der Waals surface area contributed by atoms with E-state index in [9.17, 15) is 4.79 Å². The molecular weight excluding hydrogens is 178 g/mol. The molecular formula is C10H23N3O. The summed E-state index contributed by atoms with van der Waals surface area (Å²) in [4.78, 5) is 13.4. The third kappa shape index (κ3) is 5.80. The van der Waals surface area contributed by atoms with E-state index in [1.54, 1.807) is 4.90 Å². The van der Waals surface area contributed by atoms with Gasteiger partial charge in [0.05, 0.1) is 0 Å². The molecule has 0 atom stereocenters. The second-order valence-corrected chi connectivity index (χ2v) is 3.73. The van der Waals surface area contributed by atoms with Crippen LogP contribution in [0, 0.1) is 0 Å². The van der Waals surface area contributed by atoms with Gasteiger partial charge >= 0.3 is 6.03 Å². The quantitative estimate of drug-likeness (QED) is 0.677. The molecule has 0 radical (unpaired) electrons. The number of amides is 2. The zero-order valence-corrected chi connectivity index (χ0v) is 9.55. The summed E-state index contributed by atoms with van der Waals surface area (Å²) in [5, 5.41) is 2.87. The first kappa shape index (κ1) is 13.2. The minimum Gasteiger partial charge on any atom is -0.336 e. The molecule has 0 aliphatic rings. The van der Waals surface area contributed by atoms with Gasteiger partial charge in [0.1, 0.15) is 0 Å². The molecule has 0 aliphatic heterocycles. The van der Waals surface area contributed by atoms with Gasteiger partial charge in [-0.2, -0.15) is 0 Å². The standard InChI is InChI=1S/C10H23N3O/c1-4-5-7-13(8-6-11)10(14)12-9(2)3/h9H,4-8,11H2,1-3H3,(H,12,14). The Hall–Kier alpha value is -0.770. The third-order valence-electron chi connectivity index (χ3n) is 1.88. The summed E-state index contributed by atoms with van der Waals surface area (Å²) in [5.74, 6) is 0. The molecule has 0 aromatic heterocycles. The Morgan fingerprint density at radius 2 is 2.07 bits per heavy atom. The molecule has 0 saturated carbocycles. The highest BCUT2D eigenvalue weighted by molar-refractivity contribution is 5.74. The van der Waals surface area contributed by atoms with E-state index in [0.717, 1.165) is 19.4 Å². The van der Waals surface area contributed by atoms with Gasteiger partial charge in [0, 0.05) is 25.7 Å². The zero-order valence-electron chi connectivity index (χ0n) is 9.55. The SMILES string of the molecule is CCCCN(CCN)C(=O)NC(C)C. The van der Waals surface area contributed by atoms with Gasteiger partial charge in [0.25, 0.3) is 0 Å². The first-order valence-electron chi connectivity index (χ1n) is 5.37. The molecule has 14 heavy (non-hydrogen) atoms. The van der Waals surface area contributed by atoms with Gasteiger partial charge in [-0.1, -0.05) is 13.3 Å². The van der Waals surface area contributed by atoms with E-state index in [0.29, 0.717) is 13.1 Å². The maximum absolute atomic E-state index is 11.6. The molecule has 84 valence electrons. The van der Waals surface area contributed by atoms with Crippen molar-refractivity contribution in [1.29, 1.82) is 0 Å². The van der Waals surface area contributed by atoms with Crippen LogP contribution in [0.4, 0.5) is 4.79 Å². The number of carbonyl (C=O) groups is 1. The lowest BCUT2D eigenvalue weighted by molar-refractivity contribution is 0.196. The van der Waals surface area contributed by atoms with Crippen LogP contribution in [0.5, 0.6) is 0 Å². The van der Waals surface area contributed by atoms with Crippen molar-refractivity contribution in [2.75, 3.05) is 19.6 Å². The van der Waals surface area contributed by atoms with E-state index in [1.165, 1.54) is 0 Å². The van der Waals surface area contributed by atoms with Crippen LogP contribution in [0.3, 0.4) is 0 Å². The van der Waals surface area contributed by atoms with Gasteiger partial charge in [0.15, 0.2) is 0 Å². The smallest absolute Gasteiger partial charge is 0.317 e. The molecule has 0 saturated heterocycles. The van der Waals surface area contributed by atoms with Crippen molar-refractivity contribution in [2.45, 2.75) is 39.7 Å². The first-order valence-corrected chi connectivity index (χ1v) is 5.37. The molecule has 0 spiro atoms. The van der Waals surface area contributed by atoms with E-state index in [1.807, 2.05) is 13.8 Å². The number of rotatable bonds is 6. The van der Waals surface area contributed by atoms with Gasteiger partial charge in [-0.05, 0) is 20.3 Å². The minimum absolute atomic E-state index is 0.00102. The topological polar surface area (TPSA) is 58.4 Å². The van der Waals surface area contributed by atoms with E-state index >= 15 is 0 Å². The highest BCUT2D eigenvalue weighted by atomic mass is 16.2. The van der Waals surface area contributed by atoms with E-state index in [2.05, 4.69) is 12.2 Å². The van der Waals surface area contributed by atoms with Gasteiger partial charge in [-0.3, -0.25) is 0 Å². The van der Waals surface area contributed by atoms with Crippen molar-refractivity contribution in [2.24, 2.45) is 5.73 Å². The van der Waals surface area contributed by atoms with Crippen LogP contribution in [0.25, 0.3) is 0 Å². The molecule has 0 aromatic carbocycles. The Labute approximate surface area is 86.8 Å². The van der Waals surface area contributed by atoms with Crippen molar-refractivity contribution in [3.63, 3.8) is 0 Å². The maximum Gasteiger partial charge on any atom is 0.317 e. The monoisotopic (exact) mass is 201 g/mol. The summed E-state index contributed by atoms with van der Waals surface area (Å²) in [6, 6.07) is 0.184. The Morgan fingerprint density at radius 1 is 1.43 bits per heavy atom. The van der Waals surface area contributed by atoms with Crippen LogP contribution >= 0.6 is 0 Å². The molecule has 0 heterocycles. The van der Waals surface area contributed by atoms with E-state index < -0.39 is 0 Å². The third-order valence-corrected chi connectivity index (χ3v) is 1.88. The molecule has 2 amide bonds. The summed E-state index contributed by atoms with van der Waals surface area (Å²) in [7, 11) is 0. The Morgan fingerprint density at radius 3 is 2.50 bits per heavy atom. The van der Waals surface area contributed by atoms with Gasteiger partial charge in [0.2, 0.25) is 0 Å². The predicted molar refractivity (Wildman–Crippen MR) is 59.2 cm³/mol. The van der Waals surface area contributed by atoms with Gasteiger partial charge < -0.3 is 16.0 Å². The van der Waals surface area contributed by atoms with Crippen LogP contribution in [-0.4, -0.2) is 36.6 Å². The van der Waals surface area contributed by atoms with Gasteiger partial charge in [-0.15, -0.1) is 0 Å². The largest absolute Gasteiger partial charge is 0.336 e. The van der Waals surface area contributed by atoms with Crippen molar-refractivity contribution in [1.82, 2.24) is 10.2 Å². The minimum atomic E-state index is -0.00102. The number of hydrogen-bond donors (Lipinski definition) is 2. The Balaban J connectivity index is 3.97. The molecule has 0 aromatic rings. The summed E-state index contributed by atoms with van der Waals surface area (Å²) in [6.45, 7) is 7.98. The van der Waals surface area contributed by atoms with E-state index in [4.69, 9.17) is 5.73 Å². The maximum atomic E-state index is 11.6. The van der Waals surface area contributed by atoms with Crippen LogP contribution in [-0.2, 0) is 0 Å². The van der Waals surface area contributed by atoms with Crippen molar-refractivity contribution < 1.29 is 4.79 Å². The lowest BCUT2D eigenvalue weighted by atomic mass is 10.3. The van der Waals surface area contributed by atoms with Crippen molar-refractivity contribution in [3.8, 4) is 0 Å². The molecule has 0 fully saturated rings. The first-order chi connectivity index (χ1) is 6.61.